The number of nitrogens with one attached hydrogen (secondary N) is 1. The first-order chi connectivity index (χ1) is 13.7. The largest absolute Gasteiger partial charge is 0.361 e. The van der Waals surface area contributed by atoms with Gasteiger partial charge in [0, 0.05) is 44.6 Å². The molecule has 8 nitrogen and oxygen atoms in total. The second kappa shape index (κ2) is 8.16. The topological polar surface area (TPSA) is 95.3 Å². The average Bonchev–Trinajstić information content (AvgIpc) is 3.48. The highest BCUT2D eigenvalue weighted by Gasteiger charge is 2.32. The Labute approximate surface area is 164 Å². The number of carbonyl (C=O) groups excluding carboxylic acids is 2. The maximum atomic E-state index is 12.9. The Hall–Kier alpha value is -2.64. The van der Waals surface area contributed by atoms with Crippen LogP contribution in [0.25, 0.3) is 0 Å². The van der Waals surface area contributed by atoms with Crippen molar-refractivity contribution < 1.29 is 14.1 Å². The summed E-state index contributed by atoms with van der Waals surface area (Å²) in [5.74, 6) is 0.753. The molecule has 0 spiro atoms. The van der Waals surface area contributed by atoms with Crippen molar-refractivity contribution in [3.8, 4) is 0 Å². The van der Waals surface area contributed by atoms with Crippen molar-refractivity contribution in [1.29, 1.82) is 0 Å². The molecule has 4 heterocycles. The summed E-state index contributed by atoms with van der Waals surface area (Å²) in [5, 5.41) is 11.1. The van der Waals surface area contributed by atoms with Gasteiger partial charge in [0.25, 0.3) is 11.8 Å². The van der Waals surface area contributed by atoms with Crippen molar-refractivity contribution in [3.05, 3.63) is 35.0 Å². The molecule has 0 unspecified atom stereocenters. The number of hydrogen-bond donors (Lipinski definition) is 1. The van der Waals surface area contributed by atoms with Gasteiger partial charge in [-0.2, -0.15) is 5.10 Å². The summed E-state index contributed by atoms with van der Waals surface area (Å²) in [5.41, 5.74) is 1.86. The number of rotatable bonds is 5. The van der Waals surface area contributed by atoms with Gasteiger partial charge < -0.3 is 14.3 Å². The summed E-state index contributed by atoms with van der Waals surface area (Å²) in [6.07, 6.45) is 7.27. The van der Waals surface area contributed by atoms with Gasteiger partial charge in [-0.15, -0.1) is 0 Å². The lowest BCUT2D eigenvalue weighted by Gasteiger charge is -2.32. The summed E-state index contributed by atoms with van der Waals surface area (Å²) in [6, 6.07) is 1.74. The van der Waals surface area contributed by atoms with Crippen LogP contribution in [0.3, 0.4) is 0 Å². The van der Waals surface area contributed by atoms with E-state index in [0.717, 1.165) is 63.1 Å². The van der Waals surface area contributed by atoms with Crippen LogP contribution < -0.4 is 0 Å². The van der Waals surface area contributed by atoms with Crippen molar-refractivity contribution >= 4 is 11.8 Å². The lowest BCUT2D eigenvalue weighted by molar-refractivity contribution is 0.0694. The second-order valence-electron chi connectivity index (χ2n) is 7.72. The van der Waals surface area contributed by atoms with Gasteiger partial charge in [0.05, 0.1) is 17.5 Å². The van der Waals surface area contributed by atoms with E-state index in [1.54, 1.807) is 12.3 Å². The fraction of sp³-hybridized carbons (Fsp3) is 0.600. The third-order valence-electron chi connectivity index (χ3n) is 5.68. The summed E-state index contributed by atoms with van der Waals surface area (Å²) in [4.78, 5) is 29.4. The number of piperidine rings is 1. The molecule has 0 radical (unpaired) electrons. The van der Waals surface area contributed by atoms with Gasteiger partial charge in [-0.25, -0.2) is 0 Å². The minimum Gasteiger partial charge on any atom is -0.361 e. The van der Waals surface area contributed by atoms with Crippen molar-refractivity contribution in [2.75, 3.05) is 26.2 Å². The molecule has 2 fully saturated rings. The van der Waals surface area contributed by atoms with Crippen LogP contribution in [-0.2, 0) is 6.42 Å². The van der Waals surface area contributed by atoms with Crippen LogP contribution >= 0.6 is 0 Å². The van der Waals surface area contributed by atoms with Gasteiger partial charge in [-0.1, -0.05) is 12.1 Å². The molecule has 1 N–H and O–H groups in total. The molecule has 2 aliphatic rings. The van der Waals surface area contributed by atoms with Gasteiger partial charge in [0.1, 0.15) is 5.76 Å². The molecule has 2 aliphatic heterocycles. The maximum Gasteiger partial charge on any atom is 0.276 e. The van der Waals surface area contributed by atoms with E-state index in [-0.39, 0.29) is 17.7 Å². The van der Waals surface area contributed by atoms with Crippen molar-refractivity contribution in [1.82, 2.24) is 25.2 Å². The predicted octanol–water partition coefficient (Wildman–Crippen LogP) is 2.61. The minimum atomic E-state index is -0.109. The first-order valence-corrected chi connectivity index (χ1v) is 10.2. The highest BCUT2D eigenvalue weighted by Crippen LogP contribution is 2.29. The molecular formula is C20H27N5O3. The molecule has 2 aromatic rings. The Morgan fingerprint density at radius 1 is 1.18 bits per heavy atom. The normalized spacial score (nSPS) is 20.0. The van der Waals surface area contributed by atoms with Crippen LogP contribution in [0.5, 0.6) is 0 Å². The quantitative estimate of drug-likeness (QED) is 0.854. The lowest BCUT2D eigenvalue weighted by Crippen LogP contribution is -2.40. The molecule has 28 heavy (non-hydrogen) atoms. The molecule has 8 heteroatoms. The molecule has 0 aliphatic carbocycles. The Kier molecular flexibility index (Phi) is 5.45. The smallest absolute Gasteiger partial charge is 0.276 e. The van der Waals surface area contributed by atoms with E-state index < -0.39 is 0 Å². The number of aromatic nitrogens is 3. The standard InChI is InChI=1S/C20H27N5O3/c1-2-6-15-11-17(23-28-15)20(27)25-10-5-7-14(13-25)18-16(12-21-22-18)19(26)24-8-3-4-9-24/h11-12,14H,2-10,13H2,1H3,(H,21,22)/t14-/m0/s1. The van der Waals surface area contributed by atoms with Gasteiger partial charge in [-0.05, 0) is 32.1 Å². The number of aryl methyl sites for hydroxylation is 1. The first kappa shape index (κ1) is 18.7. The van der Waals surface area contributed by atoms with Gasteiger partial charge >= 0.3 is 0 Å². The average molecular weight is 385 g/mol. The van der Waals surface area contributed by atoms with Gasteiger partial charge in [0.15, 0.2) is 5.69 Å². The first-order valence-electron chi connectivity index (χ1n) is 10.2. The zero-order chi connectivity index (χ0) is 19.5. The number of likely N-dealkylation sites (tertiary alicyclic amines) is 2. The fourth-order valence-corrected chi connectivity index (χ4v) is 4.21. The predicted molar refractivity (Wildman–Crippen MR) is 102 cm³/mol. The van der Waals surface area contributed by atoms with Crippen molar-refractivity contribution in [2.45, 2.75) is 51.4 Å². The molecule has 0 bridgehead atoms. The molecule has 1 atom stereocenters. The number of aromatic amines is 1. The molecule has 2 saturated heterocycles. The van der Waals surface area contributed by atoms with E-state index in [4.69, 9.17) is 4.52 Å². The fourth-order valence-electron chi connectivity index (χ4n) is 4.21. The Morgan fingerprint density at radius 3 is 2.75 bits per heavy atom. The highest BCUT2D eigenvalue weighted by atomic mass is 16.5. The monoisotopic (exact) mass is 385 g/mol. The number of amides is 2. The maximum absolute atomic E-state index is 12.9. The number of nitrogens with zero attached hydrogens (tertiary/aromatic N) is 4. The molecule has 2 amide bonds. The van der Waals surface area contributed by atoms with Gasteiger partial charge in [-0.3, -0.25) is 14.7 Å². The van der Waals surface area contributed by atoms with E-state index in [1.807, 2.05) is 9.80 Å². The van der Waals surface area contributed by atoms with Gasteiger partial charge in [0.2, 0.25) is 0 Å². The van der Waals surface area contributed by atoms with Crippen LogP contribution in [0.4, 0.5) is 0 Å². The lowest BCUT2D eigenvalue weighted by atomic mass is 9.92. The van der Waals surface area contributed by atoms with Crippen LogP contribution in [0.2, 0.25) is 0 Å². The van der Waals surface area contributed by atoms with E-state index in [1.165, 1.54) is 0 Å². The van der Waals surface area contributed by atoms with E-state index in [9.17, 15) is 9.59 Å². The van der Waals surface area contributed by atoms with Crippen LogP contribution in [0.15, 0.2) is 16.8 Å². The molecule has 2 aromatic heterocycles. The van der Waals surface area contributed by atoms with Crippen LogP contribution in [-0.4, -0.2) is 63.1 Å². The van der Waals surface area contributed by atoms with Crippen LogP contribution in [0.1, 0.15) is 77.2 Å². The van der Waals surface area contributed by atoms with E-state index in [0.29, 0.717) is 24.3 Å². The minimum absolute atomic E-state index is 0.0467. The van der Waals surface area contributed by atoms with Crippen LogP contribution in [0, 0.1) is 0 Å². The summed E-state index contributed by atoms with van der Waals surface area (Å²) >= 11 is 0. The molecule has 0 aromatic carbocycles. The summed E-state index contributed by atoms with van der Waals surface area (Å²) in [7, 11) is 0. The van der Waals surface area contributed by atoms with E-state index in [2.05, 4.69) is 22.3 Å². The van der Waals surface area contributed by atoms with Crippen molar-refractivity contribution in [3.63, 3.8) is 0 Å². The Balaban J connectivity index is 1.47. The SMILES string of the molecule is CCCc1cc(C(=O)N2CCC[C@H](c3[nH]ncc3C(=O)N3CCCC3)C2)no1. The molecule has 4 rings (SSSR count). The Morgan fingerprint density at radius 2 is 1.96 bits per heavy atom. The second-order valence-corrected chi connectivity index (χ2v) is 7.72. The third kappa shape index (κ3) is 3.68. The number of hydrogen-bond acceptors (Lipinski definition) is 5. The Bertz CT molecular complexity index is 837. The van der Waals surface area contributed by atoms with Crippen molar-refractivity contribution in [2.24, 2.45) is 0 Å². The van der Waals surface area contributed by atoms with E-state index >= 15 is 0 Å². The highest BCUT2D eigenvalue weighted by molar-refractivity contribution is 5.95. The number of carbonyl (C=O) groups is 2. The molecule has 150 valence electrons. The third-order valence-corrected chi connectivity index (χ3v) is 5.68. The summed E-state index contributed by atoms with van der Waals surface area (Å²) in [6.45, 7) is 4.92. The molecule has 0 saturated carbocycles. The number of H-pyrrole nitrogens is 1. The molecular weight excluding hydrogens is 358 g/mol. The zero-order valence-corrected chi connectivity index (χ0v) is 16.3. The summed E-state index contributed by atoms with van der Waals surface area (Å²) < 4.78 is 5.26. The zero-order valence-electron chi connectivity index (χ0n) is 16.3.